The molecule has 4 heterocycles. The number of carbonyl (C=O) groups is 1. The Morgan fingerprint density at radius 3 is 1.38 bits per heavy atom. The molecule has 76 heavy (non-hydrogen) atoms. The first-order chi connectivity index (χ1) is 35.1. The molecule has 0 aliphatic heterocycles. The summed E-state index contributed by atoms with van der Waals surface area (Å²) in [7, 11) is 0. The van der Waals surface area contributed by atoms with E-state index in [2.05, 4.69) is 52.9 Å². The Bertz CT molecular complexity index is 2630. The number of nitrogens with one attached hydrogen (secondary N) is 1. The van der Waals surface area contributed by atoms with Gasteiger partial charge in [0.1, 0.15) is 8.85 Å². The van der Waals surface area contributed by atoms with E-state index in [4.69, 9.17) is 58.0 Å². The van der Waals surface area contributed by atoms with Gasteiger partial charge in [0.25, 0.3) is 5.91 Å². The second kappa shape index (κ2) is 31.1. The van der Waals surface area contributed by atoms with Crippen LogP contribution in [0.15, 0.2) is 79.0 Å². The molecule has 4 aromatic heterocycles. The van der Waals surface area contributed by atoms with Gasteiger partial charge in [-0.2, -0.15) is 52.7 Å². The first-order valence-corrected chi connectivity index (χ1v) is 31.8. The number of hydrogen-bond acceptors (Lipinski definition) is 5. The molecule has 0 spiro atoms. The van der Waals surface area contributed by atoms with E-state index in [0.29, 0.717) is 40.6 Å². The number of amides is 1. The van der Waals surface area contributed by atoms with Crippen molar-refractivity contribution in [3.8, 4) is 0 Å². The molecule has 28 heteroatoms. The van der Waals surface area contributed by atoms with Crippen molar-refractivity contribution < 1.29 is 70.7 Å². The van der Waals surface area contributed by atoms with Crippen LogP contribution in [0.2, 0.25) is 34.1 Å². The van der Waals surface area contributed by atoms with Gasteiger partial charge >= 0.3 is 155 Å². The first-order valence-electron chi connectivity index (χ1n) is 22.5. The summed E-state index contributed by atoms with van der Waals surface area (Å²) in [6, 6.07) is 7.65. The molecule has 0 unspecified atom stereocenters. The zero-order valence-electron chi connectivity index (χ0n) is 40.2. The number of pyridine rings is 4. The van der Waals surface area contributed by atoms with E-state index in [0.717, 1.165) is 81.0 Å². The van der Waals surface area contributed by atoms with E-state index in [1.165, 1.54) is 25.0 Å². The normalized spacial score (nSPS) is 12.7. The van der Waals surface area contributed by atoms with Gasteiger partial charge < -0.3 is 5.32 Å². The van der Waals surface area contributed by atoms with Crippen LogP contribution in [0.5, 0.6) is 0 Å². The number of halogens is 21. The molecular formula is C48H46Cl5F15IN5OSn. The average Bonchev–Trinajstić information content (AvgIpc) is 3.32. The Morgan fingerprint density at radius 1 is 0.553 bits per heavy atom. The molecule has 420 valence electrons. The summed E-state index contributed by atoms with van der Waals surface area (Å²) in [5.74, 6) is -0.969. The predicted octanol–water partition coefficient (Wildman–Crippen LogP) is 19.1. The summed E-state index contributed by atoms with van der Waals surface area (Å²) in [5.41, 5.74) is -4.43. The summed E-state index contributed by atoms with van der Waals surface area (Å²) in [5, 5.41) is 2.04. The van der Waals surface area contributed by atoms with Crippen molar-refractivity contribution in [2.24, 2.45) is 0 Å². The van der Waals surface area contributed by atoms with Crippen molar-refractivity contribution in [3.63, 3.8) is 0 Å². The monoisotopic (exact) mass is 1410 g/mol. The summed E-state index contributed by atoms with van der Waals surface area (Å²) < 4.78 is 190. The third-order valence-electron chi connectivity index (χ3n) is 10.3. The van der Waals surface area contributed by atoms with Crippen molar-refractivity contribution in [1.82, 2.24) is 25.3 Å². The van der Waals surface area contributed by atoms with Gasteiger partial charge in [-0.05, 0) is 71.3 Å². The number of rotatable bonds is 11. The van der Waals surface area contributed by atoms with Gasteiger partial charge in [0, 0.05) is 24.3 Å². The molecule has 1 N–H and O–H groups in total. The smallest absolute Gasteiger partial charge is 0.325 e. The van der Waals surface area contributed by atoms with Gasteiger partial charge in [-0.25, -0.2) is 9.97 Å². The summed E-state index contributed by atoms with van der Waals surface area (Å²) in [6.07, 6.45) is -11.7. The zero-order chi connectivity index (χ0) is 58.0. The van der Waals surface area contributed by atoms with Crippen LogP contribution >= 0.6 is 80.6 Å². The number of hydrogen-bond donors (Lipinski definition) is 1. The number of allylic oxidation sites excluding steroid dienone is 2. The second-order valence-corrected chi connectivity index (χ2v) is 27.9. The Hall–Kier alpha value is -3.04. The molecule has 0 atom stereocenters. The van der Waals surface area contributed by atoms with Crippen molar-refractivity contribution >= 4 is 116 Å². The van der Waals surface area contributed by atoms with Crippen molar-refractivity contribution in [1.29, 1.82) is 0 Å². The maximum absolute atomic E-state index is 13.1. The first kappa shape index (κ1) is 69.1. The fourth-order valence-corrected chi connectivity index (χ4v) is 18.0. The summed E-state index contributed by atoms with van der Waals surface area (Å²) in [4.78, 5) is 26.9. The number of nitrogens with zero attached hydrogens (tertiary/aromatic N) is 4. The van der Waals surface area contributed by atoms with Crippen LogP contribution in [0.3, 0.4) is 0 Å². The minimum Gasteiger partial charge on any atom is -0.325 e. The second-order valence-electron chi connectivity index (χ2n) is 16.1. The molecule has 1 aliphatic carbocycles. The number of aromatic nitrogens is 4. The molecule has 1 aliphatic rings. The third kappa shape index (κ3) is 22.6. The van der Waals surface area contributed by atoms with E-state index in [1.807, 2.05) is 0 Å². The predicted molar refractivity (Wildman–Crippen MR) is 277 cm³/mol. The minimum atomic E-state index is -4.71. The van der Waals surface area contributed by atoms with Crippen LogP contribution in [0.25, 0.3) is 5.57 Å². The SMILES string of the molecule is CCCC.CCC[CH2][SnH]([CH2]CCC)[c]1ncc(C(F)(F)F)cc1Cl.FC(F)(F)c1cnc(Cl)c(Cl)c1.FC(F)(F)c1cnc(I)c(Cl)c1.O=C(NC1=C(c2ncc(C(F)(F)F)cc2Cl)CC1)c1ccccc1C(F)(F)F. The van der Waals surface area contributed by atoms with Gasteiger partial charge in [0.15, 0.2) is 0 Å². The Morgan fingerprint density at radius 2 is 0.987 bits per heavy atom. The van der Waals surface area contributed by atoms with Crippen LogP contribution in [0.4, 0.5) is 65.9 Å². The molecule has 1 amide bonds. The average molecular weight is 1420 g/mol. The number of carbonyl (C=O) groups excluding carboxylic acids is 1. The largest absolute Gasteiger partial charge is 0.417 e. The zero-order valence-corrected chi connectivity index (χ0v) is 49.4. The maximum atomic E-state index is 13.1. The minimum absolute atomic E-state index is 0.0189. The van der Waals surface area contributed by atoms with E-state index in [1.54, 1.807) is 22.6 Å². The fourth-order valence-electron chi connectivity index (χ4n) is 6.10. The summed E-state index contributed by atoms with van der Waals surface area (Å²) in [6.45, 7) is 8.62. The van der Waals surface area contributed by atoms with E-state index >= 15 is 0 Å². The molecule has 0 saturated carbocycles. The molecule has 6 rings (SSSR count). The third-order valence-corrected chi connectivity index (χ3v) is 23.4. The topological polar surface area (TPSA) is 80.7 Å². The molecule has 0 radical (unpaired) electrons. The Balaban J connectivity index is 0.000000359. The van der Waals surface area contributed by atoms with E-state index < -0.39 is 89.9 Å². The van der Waals surface area contributed by atoms with Crippen LogP contribution < -0.4 is 9.03 Å². The Labute approximate surface area is 473 Å². The van der Waals surface area contributed by atoms with Crippen molar-refractivity contribution in [2.75, 3.05) is 0 Å². The quantitative estimate of drug-likeness (QED) is 0.0617. The van der Waals surface area contributed by atoms with Crippen LogP contribution in [0.1, 0.15) is 123 Å². The van der Waals surface area contributed by atoms with E-state index in [9.17, 15) is 70.7 Å². The van der Waals surface area contributed by atoms with Crippen LogP contribution in [-0.2, 0) is 30.9 Å². The molecule has 0 bridgehead atoms. The van der Waals surface area contributed by atoms with Gasteiger partial charge in [-0.3, -0.25) is 9.78 Å². The molecule has 1 aromatic carbocycles. The molecule has 0 saturated heterocycles. The van der Waals surface area contributed by atoms with Gasteiger partial charge in [0.2, 0.25) is 0 Å². The number of benzene rings is 1. The Kier molecular flexibility index (Phi) is 28.3. The molecule has 6 nitrogen and oxygen atoms in total. The van der Waals surface area contributed by atoms with Gasteiger partial charge in [-0.15, -0.1) is 0 Å². The van der Waals surface area contributed by atoms with Crippen LogP contribution in [-0.4, -0.2) is 45.6 Å². The maximum Gasteiger partial charge on any atom is 0.417 e. The molecule has 0 fully saturated rings. The summed E-state index contributed by atoms with van der Waals surface area (Å²) >= 11 is 27.7. The molecular weight excluding hydrogens is 1370 g/mol. The van der Waals surface area contributed by atoms with Gasteiger partial charge in [0.05, 0.1) is 48.6 Å². The number of alkyl halides is 15. The molecule has 5 aromatic rings. The van der Waals surface area contributed by atoms with Gasteiger partial charge in [-0.1, -0.05) is 85.2 Å². The fraction of sp³-hybridized carbons (Fsp3) is 0.396. The van der Waals surface area contributed by atoms with Crippen molar-refractivity contribution in [3.05, 3.63) is 147 Å². The number of unbranched alkanes of at least 4 members (excludes halogenated alkanes) is 3. The van der Waals surface area contributed by atoms with Crippen molar-refractivity contribution in [2.45, 2.75) is 119 Å². The van der Waals surface area contributed by atoms with Crippen LogP contribution in [0, 0.1) is 3.70 Å². The van der Waals surface area contributed by atoms with E-state index in [-0.39, 0.29) is 36.6 Å². The standard InChI is InChI=1S/C18H11ClF6N2O.C6H2Cl2F3N.C6H2ClF3IN.C6H2ClF3N.C4H10.2C4H9.Sn.H/c19-13-7-9(17(20,21)22)8-26-15(13)11-5-6-14(11)27-16(28)10-3-1-2-4-12(10)18(23,24)25;7-4-1-3(6(9,10)11)2-12-5(4)8;7-4-1-3(6(8,9)10)2-12-5(4)11;7-5-1-4(2-11-3-5)6(8,9)10;3*1-3-4-2;;/h1-4,7-8H,5-6H2,(H,27,28);2*1-2H;1-2H;3-4H2,1-2H3;2*1,3-4H2,2H3;;.